The number of benzene rings is 1. The average molecular weight is 378 g/mol. The maximum Gasteiger partial charge on any atom is 0.191 e. The van der Waals surface area contributed by atoms with Crippen molar-refractivity contribution in [1.29, 1.82) is 0 Å². The smallest absolute Gasteiger partial charge is 0.191 e. The topological polar surface area (TPSA) is 64.1 Å². The number of rotatable bonds is 11. The first kappa shape index (κ1) is 21.7. The van der Waals surface area contributed by atoms with Gasteiger partial charge in [0, 0.05) is 53.2 Å². The molecule has 0 atom stereocenters. The molecule has 6 heteroatoms. The van der Waals surface area contributed by atoms with E-state index in [1.54, 1.807) is 7.05 Å². The molecule has 27 heavy (non-hydrogen) atoms. The lowest BCUT2D eigenvalue weighted by molar-refractivity contribution is 0.0203. The van der Waals surface area contributed by atoms with Crippen LogP contribution in [-0.2, 0) is 27.4 Å². The van der Waals surface area contributed by atoms with Gasteiger partial charge in [-0.1, -0.05) is 24.3 Å². The van der Waals surface area contributed by atoms with Crippen molar-refractivity contribution in [1.82, 2.24) is 10.6 Å². The molecule has 2 N–H and O–H groups in total. The highest BCUT2D eigenvalue weighted by Crippen LogP contribution is 2.14. The summed E-state index contributed by atoms with van der Waals surface area (Å²) in [4.78, 5) is 4.29. The van der Waals surface area contributed by atoms with Gasteiger partial charge in [0.1, 0.15) is 0 Å². The highest BCUT2D eigenvalue weighted by molar-refractivity contribution is 5.79. The van der Waals surface area contributed by atoms with E-state index in [1.165, 1.54) is 11.1 Å². The van der Waals surface area contributed by atoms with Crippen LogP contribution in [0.4, 0.5) is 0 Å². The largest absolute Gasteiger partial charge is 0.381 e. The second-order valence-electron chi connectivity index (χ2n) is 6.74. The lowest BCUT2D eigenvalue weighted by Crippen LogP contribution is -2.37. The van der Waals surface area contributed by atoms with Gasteiger partial charge in [-0.05, 0) is 43.2 Å². The van der Waals surface area contributed by atoms with Crippen molar-refractivity contribution in [2.24, 2.45) is 10.9 Å². The van der Waals surface area contributed by atoms with E-state index in [0.717, 1.165) is 71.3 Å². The Morgan fingerprint density at radius 1 is 1.15 bits per heavy atom. The predicted molar refractivity (Wildman–Crippen MR) is 109 cm³/mol. The van der Waals surface area contributed by atoms with Gasteiger partial charge in [-0.2, -0.15) is 0 Å². The minimum atomic E-state index is 0.644. The maximum atomic E-state index is 5.80. The normalized spacial score (nSPS) is 15.7. The minimum absolute atomic E-state index is 0.644. The maximum absolute atomic E-state index is 5.80. The van der Waals surface area contributed by atoms with Gasteiger partial charge in [0.15, 0.2) is 5.96 Å². The van der Waals surface area contributed by atoms with E-state index in [1.807, 2.05) is 13.0 Å². The molecular weight excluding hydrogens is 342 g/mol. The Morgan fingerprint density at radius 2 is 1.93 bits per heavy atom. The quantitative estimate of drug-likeness (QED) is 0.353. The van der Waals surface area contributed by atoms with E-state index in [-0.39, 0.29) is 0 Å². The molecule has 1 saturated heterocycles. The molecule has 0 aliphatic carbocycles. The van der Waals surface area contributed by atoms with Gasteiger partial charge >= 0.3 is 0 Å². The summed E-state index contributed by atoms with van der Waals surface area (Å²) >= 11 is 0. The van der Waals surface area contributed by atoms with Crippen LogP contribution in [0, 0.1) is 5.92 Å². The molecule has 152 valence electrons. The fourth-order valence-corrected chi connectivity index (χ4v) is 3.03. The number of hydrogen-bond acceptors (Lipinski definition) is 4. The van der Waals surface area contributed by atoms with Gasteiger partial charge in [-0.25, -0.2) is 0 Å². The molecule has 0 aromatic heterocycles. The van der Waals surface area contributed by atoms with Gasteiger partial charge in [0.05, 0.1) is 6.61 Å². The van der Waals surface area contributed by atoms with Crippen molar-refractivity contribution in [2.45, 2.75) is 39.3 Å². The lowest BCUT2D eigenvalue weighted by atomic mass is 10.0. The summed E-state index contributed by atoms with van der Waals surface area (Å²) < 4.78 is 16.7. The lowest BCUT2D eigenvalue weighted by Gasteiger charge is -2.21. The number of nitrogens with zero attached hydrogens (tertiary/aromatic N) is 1. The van der Waals surface area contributed by atoms with Gasteiger partial charge in [0.2, 0.25) is 0 Å². The van der Waals surface area contributed by atoms with Gasteiger partial charge in [0.25, 0.3) is 0 Å². The zero-order valence-corrected chi connectivity index (χ0v) is 16.8. The van der Waals surface area contributed by atoms with E-state index < -0.39 is 0 Å². The van der Waals surface area contributed by atoms with Gasteiger partial charge < -0.3 is 24.8 Å². The third kappa shape index (κ3) is 8.73. The summed E-state index contributed by atoms with van der Waals surface area (Å²) in [5.41, 5.74) is 2.44. The zero-order valence-electron chi connectivity index (χ0n) is 16.8. The molecule has 1 aromatic rings. The molecule has 0 amide bonds. The number of nitrogens with one attached hydrogen (secondary N) is 2. The number of hydrogen-bond donors (Lipinski definition) is 2. The van der Waals surface area contributed by atoms with Crippen LogP contribution in [-0.4, -0.2) is 52.6 Å². The second-order valence-corrected chi connectivity index (χ2v) is 6.74. The van der Waals surface area contributed by atoms with Crippen LogP contribution in [0.1, 0.15) is 37.3 Å². The van der Waals surface area contributed by atoms with Gasteiger partial charge in [-0.15, -0.1) is 0 Å². The predicted octanol–water partition coefficient (Wildman–Crippen LogP) is 2.72. The first-order valence-electron chi connectivity index (χ1n) is 10.1. The van der Waals surface area contributed by atoms with Crippen molar-refractivity contribution in [2.75, 3.05) is 46.6 Å². The molecule has 0 unspecified atom stereocenters. The third-order valence-electron chi connectivity index (χ3n) is 4.70. The Morgan fingerprint density at radius 3 is 2.67 bits per heavy atom. The van der Waals surface area contributed by atoms with Crippen LogP contribution in [0.3, 0.4) is 0 Å². The zero-order chi connectivity index (χ0) is 19.2. The summed E-state index contributed by atoms with van der Waals surface area (Å²) in [6.45, 7) is 8.34. The van der Waals surface area contributed by atoms with Crippen LogP contribution >= 0.6 is 0 Å². The van der Waals surface area contributed by atoms with Crippen molar-refractivity contribution >= 4 is 5.96 Å². The Kier molecular flexibility index (Phi) is 10.9. The van der Waals surface area contributed by atoms with Crippen molar-refractivity contribution in [3.63, 3.8) is 0 Å². The number of aliphatic imine (C=N–C) groups is 1. The molecule has 1 aliphatic rings. The molecule has 1 aliphatic heterocycles. The van der Waals surface area contributed by atoms with Gasteiger partial charge in [-0.3, -0.25) is 4.99 Å². The number of guanidine groups is 1. The standard InChI is InChI=1S/C21H35N3O3/c1-3-25-17-20-8-5-4-7-19(20)15-24-21(22-2)23-11-6-12-27-16-18-9-13-26-14-10-18/h4-5,7-8,18H,3,6,9-17H2,1-2H3,(H2,22,23,24). The van der Waals surface area contributed by atoms with Crippen molar-refractivity contribution in [3.05, 3.63) is 35.4 Å². The minimum Gasteiger partial charge on any atom is -0.381 e. The molecule has 0 spiro atoms. The highest BCUT2D eigenvalue weighted by atomic mass is 16.5. The molecule has 2 rings (SSSR count). The van der Waals surface area contributed by atoms with E-state index in [4.69, 9.17) is 14.2 Å². The summed E-state index contributed by atoms with van der Waals surface area (Å²) in [6.07, 6.45) is 3.21. The van der Waals surface area contributed by atoms with Crippen molar-refractivity contribution in [3.8, 4) is 0 Å². The fourth-order valence-electron chi connectivity index (χ4n) is 3.03. The molecule has 6 nitrogen and oxygen atoms in total. The molecule has 1 heterocycles. The first-order valence-corrected chi connectivity index (χ1v) is 10.1. The van der Waals surface area contributed by atoms with Crippen molar-refractivity contribution < 1.29 is 14.2 Å². The molecule has 1 fully saturated rings. The molecule has 0 bridgehead atoms. The summed E-state index contributed by atoms with van der Waals surface area (Å²) in [6, 6.07) is 8.33. The van der Waals surface area contributed by atoms with Crippen LogP contribution in [0.5, 0.6) is 0 Å². The molecule has 0 radical (unpaired) electrons. The third-order valence-corrected chi connectivity index (χ3v) is 4.70. The Balaban J connectivity index is 1.60. The second kappa shape index (κ2) is 13.5. The van der Waals surface area contributed by atoms with Crippen LogP contribution < -0.4 is 10.6 Å². The Hall–Kier alpha value is -1.63. The summed E-state index contributed by atoms with van der Waals surface area (Å²) in [5, 5.41) is 6.72. The Labute approximate surface area is 163 Å². The van der Waals surface area contributed by atoms with E-state index in [0.29, 0.717) is 12.5 Å². The average Bonchev–Trinajstić information content (AvgIpc) is 2.72. The molecular formula is C21H35N3O3. The Bertz CT molecular complexity index is 545. The summed E-state index contributed by atoms with van der Waals surface area (Å²) in [7, 11) is 1.79. The number of ether oxygens (including phenoxy) is 3. The SMILES string of the molecule is CCOCc1ccccc1CNC(=NC)NCCCOCC1CCOCC1. The molecule has 1 aromatic carbocycles. The fraction of sp³-hybridized carbons (Fsp3) is 0.667. The molecule has 0 saturated carbocycles. The van der Waals surface area contributed by atoms with Crippen LogP contribution in [0.25, 0.3) is 0 Å². The van der Waals surface area contributed by atoms with E-state index >= 15 is 0 Å². The van der Waals surface area contributed by atoms with Crippen LogP contribution in [0.15, 0.2) is 29.3 Å². The summed E-state index contributed by atoms with van der Waals surface area (Å²) in [5.74, 6) is 1.48. The van der Waals surface area contributed by atoms with E-state index in [2.05, 4.69) is 33.8 Å². The monoisotopic (exact) mass is 377 g/mol. The van der Waals surface area contributed by atoms with E-state index in [9.17, 15) is 0 Å². The van der Waals surface area contributed by atoms with Crippen LogP contribution in [0.2, 0.25) is 0 Å². The highest BCUT2D eigenvalue weighted by Gasteiger charge is 2.13. The first-order chi connectivity index (χ1) is 13.3.